The minimum Gasteiger partial charge on any atom is -0.489 e. The van der Waals surface area contributed by atoms with Crippen LogP contribution in [0.2, 0.25) is 0 Å². The zero-order valence-electron chi connectivity index (χ0n) is 20.8. The summed E-state index contributed by atoms with van der Waals surface area (Å²) in [6, 6.07) is 10.1. The Morgan fingerprint density at radius 3 is 2.62 bits per heavy atom. The quantitative estimate of drug-likeness (QED) is 0.363. The van der Waals surface area contributed by atoms with Crippen molar-refractivity contribution in [2.45, 2.75) is 25.9 Å². The van der Waals surface area contributed by atoms with Gasteiger partial charge in [0, 0.05) is 61.8 Å². The number of hydrogen-bond acceptors (Lipinski definition) is 9. The molecule has 37 heavy (non-hydrogen) atoms. The van der Waals surface area contributed by atoms with Crippen molar-refractivity contribution in [3.05, 3.63) is 47.5 Å². The molecule has 9 nitrogen and oxygen atoms in total. The lowest BCUT2D eigenvalue weighted by Gasteiger charge is -2.37. The van der Waals surface area contributed by atoms with Gasteiger partial charge in [0.2, 0.25) is 0 Å². The molecule has 0 unspecified atom stereocenters. The van der Waals surface area contributed by atoms with E-state index in [4.69, 9.17) is 15.2 Å². The van der Waals surface area contributed by atoms with E-state index in [1.165, 1.54) is 0 Å². The first-order valence-corrected chi connectivity index (χ1v) is 13.5. The molecule has 0 saturated carbocycles. The molecule has 2 aliphatic heterocycles. The smallest absolute Gasteiger partial charge is 0.185 e. The maximum Gasteiger partial charge on any atom is 0.185 e. The van der Waals surface area contributed by atoms with Gasteiger partial charge in [-0.1, -0.05) is 6.07 Å². The Balaban J connectivity index is 1.34. The maximum atomic E-state index is 12.6. The molecule has 192 valence electrons. The van der Waals surface area contributed by atoms with Gasteiger partial charge >= 0.3 is 0 Å². The molecule has 0 aliphatic carbocycles. The number of nitrogen functional groups attached to an aromatic ring is 1. The van der Waals surface area contributed by atoms with Crippen molar-refractivity contribution in [2.24, 2.45) is 0 Å². The van der Waals surface area contributed by atoms with E-state index in [0.29, 0.717) is 19.0 Å². The van der Waals surface area contributed by atoms with Gasteiger partial charge in [-0.25, -0.2) is 4.98 Å². The normalized spacial score (nSPS) is 16.9. The Kier molecular flexibility index (Phi) is 6.43. The molecule has 2 fully saturated rings. The number of hydrogen-bond donors (Lipinski definition) is 2. The van der Waals surface area contributed by atoms with E-state index in [1.54, 1.807) is 18.3 Å². The fourth-order valence-electron chi connectivity index (χ4n) is 5.16. The molecule has 0 spiro atoms. The van der Waals surface area contributed by atoms with E-state index >= 15 is 0 Å². The molecular weight excluding hydrogens is 488 g/mol. The largest absolute Gasteiger partial charge is 0.489 e. The summed E-state index contributed by atoms with van der Waals surface area (Å²) in [6.45, 7) is 6.37. The number of thiazole rings is 1. The van der Waals surface area contributed by atoms with E-state index < -0.39 is 0 Å². The molecule has 2 saturated heterocycles. The van der Waals surface area contributed by atoms with Crippen LogP contribution in [0.25, 0.3) is 22.0 Å². The van der Waals surface area contributed by atoms with Crippen molar-refractivity contribution in [3.63, 3.8) is 0 Å². The van der Waals surface area contributed by atoms with Crippen LogP contribution >= 0.6 is 11.3 Å². The van der Waals surface area contributed by atoms with Crippen LogP contribution in [-0.4, -0.2) is 66.5 Å². The fraction of sp³-hybridized carbons (Fsp3) is 0.370. The van der Waals surface area contributed by atoms with Crippen molar-refractivity contribution < 1.29 is 14.3 Å². The number of H-pyrrole nitrogens is 1. The van der Waals surface area contributed by atoms with Gasteiger partial charge in [-0.05, 0) is 42.3 Å². The lowest BCUT2D eigenvalue weighted by molar-refractivity contribution is 0.0262. The Hall–Kier alpha value is -3.63. The summed E-state index contributed by atoms with van der Waals surface area (Å²) in [5, 5.41) is 11.1. The number of carbonyl (C=O) groups excluding carboxylic acids is 1. The van der Waals surface area contributed by atoms with Crippen LogP contribution in [0.3, 0.4) is 0 Å². The number of piperazine rings is 1. The van der Waals surface area contributed by atoms with E-state index in [9.17, 15) is 4.79 Å². The summed E-state index contributed by atoms with van der Waals surface area (Å²) in [4.78, 5) is 21.6. The third kappa shape index (κ3) is 4.74. The van der Waals surface area contributed by atoms with Gasteiger partial charge < -0.3 is 25.0 Å². The molecule has 6 rings (SSSR count). The number of Topliss-reactive ketones (excluding diaryl/α,β-unsaturated/α-hetero) is 1. The molecular formula is C27H30N6O3S. The average Bonchev–Trinajstić information content (AvgIpc) is 3.59. The van der Waals surface area contributed by atoms with E-state index in [0.717, 1.165) is 83.2 Å². The second-order valence-electron chi connectivity index (χ2n) is 9.51. The first-order valence-electron chi connectivity index (χ1n) is 12.6. The average molecular weight is 519 g/mol. The number of rotatable bonds is 6. The van der Waals surface area contributed by atoms with Gasteiger partial charge in [-0.3, -0.25) is 9.89 Å². The van der Waals surface area contributed by atoms with Crippen LogP contribution in [0.5, 0.6) is 5.75 Å². The SMILES string of the molecule is CC(=O)c1ccc(-c2cc(OC3CCOCC3)c3c(N)n[nH]c3c2)cc1N1CCN(c2nccs2)CC1. The van der Waals surface area contributed by atoms with Crippen LogP contribution in [0, 0.1) is 0 Å². The second-order valence-corrected chi connectivity index (χ2v) is 10.4. The number of anilines is 3. The molecule has 2 aliphatic rings. The fourth-order valence-corrected chi connectivity index (χ4v) is 5.86. The molecule has 10 heteroatoms. The standard InChI is InChI=1S/C27H30N6O3S/c1-17(34)21-3-2-18(15-23(21)32-7-9-33(10-8-32)27-29-6-13-37-27)19-14-22-25(26(28)31-30-22)24(16-19)36-20-4-11-35-12-5-20/h2-3,6,13-16,20H,4-5,7-12H2,1H3,(H3,28,30,31). The number of nitrogens with zero attached hydrogens (tertiary/aromatic N) is 4. The number of nitrogens with two attached hydrogens (primary N) is 1. The number of ether oxygens (including phenoxy) is 2. The van der Waals surface area contributed by atoms with Gasteiger partial charge in [-0.2, -0.15) is 5.10 Å². The maximum absolute atomic E-state index is 12.6. The summed E-state index contributed by atoms with van der Waals surface area (Å²) in [6.07, 6.45) is 3.60. The van der Waals surface area contributed by atoms with Crippen molar-refractivity contribution in [2.75, 3.05) is 54.9 Å². The van der Waals surface area contributed by atoms with Crippen LogP contribution in [0.1, 0.15) is 30.1 Å². The Morgan fingerprint density at radius 1 is 1.11 bits per heavy atom. The molecule has 2 aromatic heterocycles. The lowest BCUT2D eigenvalue weighted by atomic mass is 9.98. The molecule has 0 radical (unpaired) electrons. The number of carbonyl (C=O) groups is 1. The van der Waals surface area contributed by atoms with Gasteiger partial charge in [0.1, 0.15) is 11.9 Å². The number of aromatic nitrogens is 3. The highest BCUT2D eigenvalue weighted by atomic mass is 32.1. The van der Waals surface area contributed by atoms with Crippen molar-refractivity contribution in [1.29, 1.82) is 0 Å². The van der Waals surface area contributed by atoms with Crippen LogP contribution in [0.15, 0.2) is 41.9 Å². The van der Waals surface area contributed by atoms with Gasteiger partial charge in [-0.15, -0.1) is 11.3 Å². The number of aromatic amines is 1. The molecule has 4 aromatic rings. The van der Waals surface area contributed by atoms with E-state index in [2.05, 4.69) is 31.0 Å². The third-order valence-electron chi connectivity index (χ3n) is 7.14. The first kappa shape index (κ1) is 23.7. The number of nitrogens with one attached hydrogen (secondary N) is 1. The van der Waals surface area contributed by atoms with Crippen molar-refractivity contribution >= 4 is 44.7 Å². The summed E-state index contributed by atoms with van der Waals surface area (Å²) in [7, 11) is 0. The minimum absolute atomic E-state index is 0.0595. The minimum atomic E-state index is 0.0595. The number of fused-ring (bicyclic) bond motifs is 1. The van der Waals surface area contributed by atoms with Crippen LogP contribution < -0.4 is 20.3 Å². The van der Waals surface area contributed by atoms with Crippen molar-refractivity contribution in [1.82, 2.24) is 15.2 Å². The molecule has 0 bridgehead atoms. The Bertz CT molecular complexity index is 1410. The highest BCUT2D eigenvalue weighted by molar-refractivity contribution is 7.13. The van der Waals surface area contributed by atoms with Crippen molar-refractivity contribution in [3.8, 4) is 16.9 Å². The Morgan fingerprint density at radius 2 is 1.89 bits per heavy atom. The van der Waals surface area contributed by atoms with Gasteiger partial charge in [0.25, 0.3) is 0 Å². The number of ketones is 1. The third-order valence-corrected chi connectivity index (χ3v) is 7.97. The van der Waals surface area contributed by atoms with Gasteiger partial charge in [0.05, 0.1) is 24.1 Å². The molecule has 4 heterocycles. The highest BCUT2D eigenvalue weighted by Crippen LogP contribution is 2.38. The molecule has 0 amide bonds. The Labute approximate surface area is 219 Å². The number of benzene rings is 2. The summed E-state index contributed by atoms with van der Waals surface area (Å²) in [5.41, 5.74) is 10.7. The molecule has 3 N–H and O–H groups in total. The predicted octanol–water partition coefficient (Wildman–Crippen LogP) is 4.36. The predicted molar refractivity (Wildman–Crippen MR) is 147 cm³/mol. The molecule has 2 aromatic carbocycles. The summed E-state index contributed by atoms with van der Waals surface area (Å²) >= 11 is 1.66. The monoisotopic (exact) mass is 518 g/mol. The van der Waals surface area contributed by atoms with Crippen LogP contribution in [-0.2, 0) is 4.74 Å². The summed E-state index contributed by atoms with van der Waals surface area (Å²) in [5.74, 6) is 1.21. The molecule has 0 atom stereocenters. The van der Waals surface area contributed by atoms with Crippen LogP contribution in [0.4, 0.5) is 16.6 Å². The zero-order valence-corrected chi connectivity index (χ0v) is 21.6. The van der Waals surface area contributed by atoms with E-state index in [-0.39, 0.29) is 11.9 Å². The topological polar surface area (TPSA) is 110 Å². The zero-order chi connectivity index (χ0) is 25.4. The first-order chi connectivity index (χ1) is 18.1. The van der Waals surface area contributed by atoms with Gasteiger partial charge in [0.15, 0.2) is 16.7 Å². The second kappa shape index (κ2) is 10.0. The van der Waals surface area contributed by atoms with E-state index in [1.807, 2.05) is 35.8 Å². The lowest BCUT2D eigenvalue weighted by Crippen LogP contribution is -2.47. The highest BCUT2D eigenvalue weighted by Gasteiger charge is 2.24. The summed E-state index contributed by atoms with van der Waals surface area (Å²) < 4.78 is 11.9.